The fraction of sp³-hybridized carbons (Fsp3) is 0. The molecule has 0 spiro atoms. The number of benzene rings is 2. The highest BCUT2D eigenvalue weighted by molar-refractivity contribution is 9.10. The molecule has 100 valence electrons. The molecule has 0 radical (unpaired) electrons. The van der Waals surface area contributed by atoms with Gasteiger partial charge in [0, 0.05) is 21.9 Å². The van der Waals surface area contributed by atoms with Gasteiger partial charge in [0.2, 0.25) is 0 Å². The topological polar surface area (TPSA) is 57.8 Å². The lowest BCUT2D eigenvalue weighted by atomic mass is 10.3. The van der Waals surface area contributed by atoms with E-state index in [0.717, 1.165) is 33.0 Å². The Hall–Kier alpha value is -1.79. The van der Waals surface area contributed by atoms with Crippen molar-refractivity contribution in [3.05, 3.63) is 53.0 Å². The van der Waals surface area contributed by atoms with Crippen molar-refractivity contribution in [2.45, 2.75) is 5.16 Å². The number of anilines is 1. The summed E-state index contributed by atoms with van der Waals surface area (Å²) < 4.78 is 0.973. The van der Waals surface area contributed by atoms with Crippen LogP contribution in [0.5, 0.6) is 0 Å². The van der Waals surface area contributed by atoms with Crippen LogP contribution in [0.2, 0.25) is 0 Å². The Morgan fingerprint density at radius 3 is 2.65 bits per heavy atom. The Morgan fingerprint density at radius 2 is 1.90 bits per heavy atom. The van der Waals surface area contributed by atoms with Crippen LogP contribution < -0.4 is 5.32 Å². The fourth-order valence-corrected chi connectivity index (χ4v) is 2.66. The van der Waals surface area contributed by atoms with Crippen LogP contribution >= 0.6 is 27.7 Å². The minimum absolute atomic E-state index is 0.175. The Labute approximate surface area is 128 Å². The summed E-state index contributed by atoms with van der Waals surface area (Å²) in [6.45, 7) is 0. The summed E-state index contributed by atoms with van der Waals surface area (Å²) in [6.07, 6.45) is 0. The average Bonchev–Trinajstić information content (AvgIpc) is 2.83. The maximum atomic E-state index is 11.9. The number of thioether (sulfide) groups is 1. The second-order valence-electron chi connectivity index (χ2n) is 4.08. The quantitative estimate of drug-likeness (QED) is 0.663. The number of aromatic nitrogens is 2. The van der Waals surface area contributed by atoms with Crippen molar-refractivity contribution in [1.82, 2.24) is 9.97 Å². The number of halogens is 1. The predicted molar refractivity (Wildman–Crippen MR) is 85.1 cm³/mol. The third kappa shape index (κ3) is 3.02. The highest BCUT2D eigenvalue weighted by atomic mass is 79.9. The third-order valence-electron chi connectivity index (χ3n) is 2.65. The maximum absolute atomic E-state index is 11.9. The number of amides is 1. The number of nitrogens with one attached hydrogen (secondary N) is 2. The number of nitrogens with zero attached hydrogens (tertiary/aromatic N) is 1. The summed E-state index contributed by atoms with van der Waals surface area (Å²) in [5.41, 5.74) is 2.53. The molecular weight excluding hydrogens is 338 g/mol. The molecule has 1 aromatic heterocycles. The molecule has 0 aliphatic rings. The van der Waals surface area contributed by atoms with Crippen molar-refractivity contribution >= 4 is 49.7 Å². The Bertz CT molecular complexity index is 721. The van der Waals surface area contributed by atoms with E-state index >= 15 is 0 Å². The normalized spacial score (nSPS) is 10.7. The van der Waals surface area contributed by atoms with E-state index in [9.17, 15) is 4.79 Å². The number of hydrogen-bond acceptors (Lipinski definition) is 3. The van der Waals surface area contributed by atoms with E-state index in [0.29, 0.717) is 5.16 Å². The molecule has 0 saturated carbocycles. The molecule has 0 unspecified atom stereocenters. The third-order valence-corrected chi connectivity index (χ3v) is 3.85. The van der Waals surface area contributed by atoms with Gasteiger partial charge in [0.15, 0.2) is 5.16 Å². The molecule has 3 rings (SSSR count). The van der Waals surface area contributed by atoms with Gasteiger partial charge in [0.1, 0.15) is 0 Å². The zero-order valence-corrected chi connectivity index (χ0v) is 12.7. The van der Waals surface area contributed by atoms with Gasteiger partial charge in [-0.3, -0.25) is 4.79 Å². The summed E-state index contributed by atoms with van der Waals surface area (Å²) in [6, 6.07) is 15.1. The van der Waals surface area contributed by atoms with E-state index in [-0.39, 0.29) is 5.24 Å². The van der Waals surface area contributed by atoms with E-state index in [1.165, 1.54) is 0 Å². The number of imidazole rings is 1. The number of H-pyrrole nitrogens is 1. The van der Waals surface area contributed by atoms with Crippen molar-refractivity contribution in [3.8, 4) is 0 Å². The molecule has 2 aromatic carbocycles. The average molecular weight is 348 g/mol. The van der Waals surface area contributed by atoms with Gasteiger partial charge >= 0.3 is 0 Å². The van der Waals surface area contributed by atoms with Crippen molar-refractivity contribution < 1.29 is 4.79 Å². The largest absolute Gasteiger partial charge is 0.332 e. The SMILES string of the molecule is O=C(Nc1ccc(Br)cc1)Sc1nc2ccccc2[nH]1. The molecule has 0 bridgehead atoms. The molecule has 4 nitrogen and oxygen atoms in total. The van der Waals surface area contributed by atoms with Gasteiger partial charge in [-0.25, -0.2) is 4.98 Å². The minimum Gasteiger partial charge on any atom is -0.332 e. The molecule has 20 heavy (non-hydrogen) atoms. The number of hydrogen-bond donors (Lipinski definition) is 2. The monoisotopic (exact) mass is 347 g/mol. The Balaban J connectivity index is 1.70. The number of fused-ring (bicyclic) bond motifs is 1. The van der Waals surface area contributed by atoms with Gasteiger partial charge in [-0.05, 0) is 36.4 Å². The highest BCUT2D eigenvalue weighted by Crippen LogP contribution is 2.22. The van der Waals surface area contributed by atoms with Crippen LogP contribution in [-0.4, -0.2) is 15.2 Å². The zero-order valence-electron chi connectivity index (χ0n) is 10.3. The van der Waals surface area contributed by atoms with Crippen LogP contribution in [0.1, 0.15) is 0 Å². The Morgan fingerprint density at radius 1 is 1.15 bits per heavy atom. The van der Waals surface area contributed by atoms with E-state index < -0.39 is 0 Å². The molecule has 3 aromatic rings. The minimum atomic E-state index is -0.175. The molecule has 0 saturated heterocycles. The standard InChI is InChI=1S/C14H10BrN3OS/c15-9-5-7-10(8-6-9)16-14(19)20-13-17-11-3-1-2-4-12(11)18-13/h1-8H,(H,16,19)(H,17,18). The number of para-hydroxylation sites is 2. The molecule has 0 atom stereocenters. The predicted octanol–water partition coefficient (Wildman–Crippen LogP) is 4.65. The van der Waals surface area contributed by atoms with Gasteiger partial charge in [-0.1, -0.05) is 28.1 Å². The molecule has 1 amide bonds. The number of aromatic amines is 1. The molecule has 6 heteroatoms. The lowest BCUT2D eigenvalue weighted by Crippen LogP contribution is -2.04. The summed E-state index contributed by atoms with van der Waals surface area (Å²) in [5, 5.41) is 3.21. The lowest BCUT2D eigenvalue weighted by molar-refractivity contribution is 0.269. The fourth-order valence-electron chi connectivity index (χ4n) is 1.74. The lowest BCUT2D eigenvalue weighted by Gasteiger charge is -2.02. The van der Waals surface area contributed by atoms with Gasteiger partial charge in [0.05, 0.1) is 11.0 Å². The van der Waals surface area contributed by atoms with E-state index in [4.69, 9.17) is 0 Å². The van der Waals surface area contributed by atoms with Crippen LogP contribution in [0.25, 0.3) is 11.0 Å². The number of rotatable bonds is 2. The first-order valence-electron chi connectivity index (χ1n) is 5.90. The van der Waals surface area contributed by atoms with E-state index in [1.54, 1.807) is 0 Å². The second-order valence-corrected chi connectivity index (χ2v) is 5.96. The van der Waals surface area contributed by atoms with E-state index in [1.807, 2.05) is 48.5 Å². The molecule has 0 aliphatic carbocycles. The first kappa shape index (κ1) is 13.2. The first-order valence-corrected chi connectivity index (χ1v) is 7.51. The van der Waals surface area contributed by atoms with Crippen molar-refractivity contribution in [1.29, 1.82) is 0 Å². The van der Waals surface area contributed by atoms with Crippen molar-refractivity contribution in [2.75, 3.05) is 5.32 Å². The van der Waals surface area contributed by atoms with Crippen LogP contribution in [0, 0.1) is 0 Å². The Kier molecular flexibility index (Phi) is 3.75. The molecule has 0 aliphatic heterocycles. The van der Waals surface area contributed by atoms with Gasteiger partial charge in [-0.2, -0.15) is 0 Å². The summed E-state index contributed by atoms with van der Waals surface area (Å²) in [5.74, 6) is 0. The summed E-state index contributed by atoms with van der Waals surface area (Å²) in [4.78, 5) is 19.4. The maximum Gasteiger partial charge on any atom is 0.291 e. The molecule has 1 heterocycles. The van der Waals surface area contributed by atoms with E-state index in [2.05, 4.69) is 31.2 Å². The zero-order chi connectivity index (χ0) is 13.9. The molecular formula is C14H10BrN3OS. The molecule has 0 fully saturated rings. The highest BCUT2D eigenvalue weighted by Gasteiger charge is 2.09. The summed E-state index contributed by atoms with van der Waals surface area (Å²) in [7, 11) is 0. The van der Waals surface area contributed by atoms with Gasteiger partial charge in [0.25, 0.3) is 5.24 Å². The van der Waals surface area contributed by atoms with Crippen molar-refractivity contribution in [3.63, 3.8) is 0 Å². The van der Waals surface area contributed by atoms with Crippen LogP contribution in [0.3, 0.4) is 0 Å². The van der Waals surface area contributed by atoms with Crippen molar-refractivity contribution in [2.24, 2.45) is 0 Å². The summed E-state index contributed by atoms with van der Waals surface area (Å²) >= 11 is 4.39. The van der Waals surface area contributed by atoms with Crippen LogP contribution in [0.15, 0.2) is 58.2 Å². The number of carbonyl (C=O) groups excluding carboxylic acids is 1. The van der Waals surface area contributed by atoms with Crippen LogP contribution in [0.4, 0.5) is 10.5 Å². The number of carbonyl (C=O) groups is 1. The van der Waals surface area contributed by atoms with Crippen LogP contribution in [-0.2, 0) is 0 Å². The smallest absolute Gasteiger partial charge is 0.291 e. The first-order chi connectivity index (χ1) is 9.70. The van der Waals surface area contributed by atoms with Gasteiger partial charge < -0.3 is 10.3 Å². The van der Waals surface area contributed by atoms with Gasteiger partial charge in [-0.15, -0.1) is 0 Å². The second kappa shape index (κ2) is 5.68. The molecule has 2 N–H and O–H groups in total.